The van der Waals surface area contributed by atoms with Gasteiger partial charge < -0.3 is 5.11 Å². The molecule has 1 atom stereocenters. The zero-order chi connectivity index (χ0) is 10.9. The lowest BCUT2D eigenvalue weighted by molar-refractivity contribution is 0.0840. The van der Waals surface area contributed by atoms with Crippen LogP contribution >= 0.6 is 0 Å². The molecule has 0 amide bonds. The highest BCUT2D eigenvalue weighted by atomic mass is 16.3. The van der Waals surface area contributed by atoms with Crippen molar-refractivity contribution in [3.8, 4) is 12.3 Å². The van der Waals surface area contributed by atoms with Crippen molar-refractivity contribution in [3.05, 3.63) is 18.4 Å². The first-order chi connectivity index (χ1) is 6.68. The van der Waals surface area contributed by atoms with Crippen LogP contribution in [0, 0.1) is 12.3 Å². The predicted molar refractivity (Wildman–Crippen MR) is 60.9 cm³/mol. The number of unbranched alkanes of at least 4 members (excludes halogenated alkanes) is 3. The van der Waals surface area contributed by atoms with Gasteiger partial charge in [0.1, 0.15) is 5.60 Å². The fourth-order valence-corrected chi connectivity index (χ4v) is 1.44. The van der Waals surface area contributed by atoms with E-state index in [0.29, 0.717) is 12.8 Å². The topological polar surface area (TPSA) is 20.2 Å². The minimum atomic E-state index is -0.885. The lowest BCUT2D eigenvalue weighted by Crippen LogP contribution is -2.24. The Hall–Kier alpha value is -0.960. The smallest absolute Gasteiger partial charge is 0.101 e. The molecular formula is C13H20O. The predicted octanol–water partition coefficient (Wildman–Crippen LogP) is 3.05. The molecule has 1 unspecified atom stereocenters. The van der Waals surface area contributed by atoms with E-state index in [-0.39, 0.29) is 0 Å². The van der Waals surface area contributed by atoms with Gasteiger partial charge in [-0.3, -0.25) is 0 Å². The van der Waals surface area contributed by atoms with Crippen LogP contribution in [0.25, 0.3) is 0 Å². The zero-order valence-electron chi connectivity index (χ0n) is 9.05. The molecule has 0 bridgehead atoms. The first-order valence-electron chi connectivity index (χ1n) is 5.21. The van der Waals surface area contributed by atoms with Crippen molar-refractivity contribution < 1.29 is 5.11 Å². The van der Waals surface area contributed by atoms with Crippen LogP contribution < -0.4 is 0 Å². The highest BCUT2D eigenvalue weighted by Crippen LogP contribution is 2.20. The summed E-state index contributed by atoms with van der Waals surface area (Å²) in [4.78, 5) is 0. The van der Waals surface area contributed by atoms with Gasteiger partial charge >= 0.3 is 0 Å². The lowest BCUT2D eigenvalue weighted by Gasteiger charge is -2.20. The first-order valence-corrected chi connectivity index (χ1v) is 5.21. The fourth-order valence-electron chi connectivity index (χ4n) is 1.44. The molecule has 0 spiro atoms. The van der Waals surface area contributed by atoms with Gasteiger partial charge in [0.15, 0.2) is 0 Å². The van der Waals surface area contributed by atoms with E-state index < -0.39 is 5.60 Å². The average molecular weight is 192 g/mol. The first kappa shape index (κ1) is 13.0. The third-order valence-electron chi connectivity index (χ3n) is 2.24. The normalized spacial score (nSPS) is 13.8. The summed E-state index contributed by atoms with van der Waals surface area (Å²) in [6.45, 7) is 5.63. The molecule has 1 N–H and O–H groups in total. The Labute approximate surface area is 87.5 Å². The molecule has 78 valence electrons. The van der Waals surface area contributed by atoms with Gasteiger partial charge in [-0.1, -0.05) is 39.2 Å². The number of hydrogen-bond donors (Lipinski definition) is 1. The van der Waals surface area contributed by atoms with Crippen molar-refractivity contribution in [2.45, 2.75) is 51.0 Å². The molecular weight excluding hydrogens is 172 g/mol. The SMILES string of the molecule is C#CCC(O)(C=C=C)CCCCCC. The van der Waals surface area contributed by atoms with Crippen molar-refractivity contribution in [1.29, 1.82) is 0 Å². The highest BCUT2D eigenvalue weighted by molar-refractivity contribution is 5.06. The number of terminal acetylenes is 1. The minimum absolute atomic E-state index is 0.349. The standard InChI is InChI=1S/C13H20O/c1-4-7-8-9-12-13(14,10-5-2)11-6-3/h2,11,14H,3-4,7-10,12H2,1H3. The zero-order valence-corrected chi connectivity index (χ0v) is 9.05. The number of hydrogen-bond acceptors (Lipinski definition) is 1. The van der Waals surface area contributed by atoms with E-state index in [1.54, 1.807) is 6.08 Å². The van der Waals surface area contributed by atoms with Crippen molar-refractivity contribution in [2.75, 3.05) is 0 Å². The molecule has 14 heavy (non-hydrogen) atoms. The third-order valence-corrected chi connectivity index (χ3v) is 2.24. The summed E-state index contributed by atoms with van der Waals surface area (Å²) in [7, 11) is 0. The van der Waals surface area contributed by atoms with Crippen LogP contribution in [0.4, 0.5) is 0 Å². The summed E-state index contributed by atoms with van der Waals surface area (Å²) in [6, 6.07) is 0. The van der Waals surface area contributed by atoms with Crippen molar-refractivity contribution in [2.24, 2.45) is 0 Å². The van der Waals surface area contributed by atoms with Crippen LogP contribution in [-0.4, -0.2) is 10.7 Å². The Bertz CT molecular complexity index is 230. The van der Waals surface area contributed by atoms with E-state index in [2.05, 4.69) is 25.2 Å². The van der Waals surface area contributed by atoms with Crippen LogP contribution in [-0.2, 0) is 0 Å². The minimum Gasteiger partial charge on any atom is -0.384 e. The second-order valence-corrected chi connectivity index (χ2v) is 3.64. The third kappa shape index (κ3) is 5.65. The van der Waals surface area contributed by atoms with E-state index in [9.17, 15) is 5.11 Å². The fraction of sp³-hybridized carbons (Fsp3) is 0.615. The van der Waals surface area contributed by atoms with Crippen LogP contribution in [0.3, 0.4) is 0 Å². The molecule has 0 heterocycles. The summed E-state index contributed by atoms with van der Waals surface area (Å²) < 4.78 is 0. The Morgan fingerprint density at radius 3 is 2.64 bits per heavy atom. The van der Waals surface area contributed by atoms with Crippen LogP contribution in [0.2, 0.25) is 0 Å². The molecule has 0 radical (unpaired) electrons. The Kier molecular flexibility index (Phi) is 6.93. The van der Waals surface area contributed by atoms with Crippen molar-refractivity contribution in [1.82, 2.24) is 0 Å². The van der Waals surface area contributed by atoms with Crippen LogP contribution in [0.15, 0.2) is 18.4 Å². The Morgan fingerprint density at radius 1 is 1.43 bits per heavy atom. The molecule has 0 aromatic heterocycles. The van der Waals surface area contributed by atoms with E-state index >= 15 is 0 Å². The molecule has 0 aromatic rings. The average Bonchev–Trinajstić information content (AvgIpc) is 2.13. The Morgan fingerprint density at radius 2 is 2.14 bits per heavy atom. The maximum atomic E-state index is 10.0. The van der Waals surface area contributed by atoms with Crippen LogP contribution in [0.5, 0.6) is 0 Å². The van der Waals surface area contributed by atoms with Crippen molar-refractivity contribution in [3.63, 3.8) is 0 Å². The molecule has 0 aliphatic carbocycles. The van der Waals surface area contributed by atoms with Crippen molar-refractivity contribution >= 4 is 0 Å². The summed E-state index contributed by atoms with van der Waals surface area (Å²) >= 11 is 0. The monoisotopic (exact) mass is 192 g/mol. The molecule has 0 aliphatic rings. The van der Waals surface area contributed by atoms with Gasteiger partial charge in [0.05, 0.1) is 0 Å². The Balaban J connectivity index is 3.97. The lowest BCUT2D eigenvalue weighted by atomic mass is 9.92. The van der Waals surface area contributed by atoms with E-state index in [4.69, 9.17) is 6.42 Å². The highest BCUT2D eigenvalue weighted by Gasteiger charge is 2.21. The van der Waals surface area contributed by atoms with Gasteiger partial charge in [-0.15, -0.1) is 18.1 Å². The van der Waals surface area contributed by atoms with E-state index in [1.807, 2.05) is 0 Å². The van der Waals surface area contributed by atoms with Gasteiger partial charge in [0.2, 0.25) is 0 Å². The number of aliphatic hydroxyl groups is 1. The molecule has 1 heteroatoms. The van der Waals surface area contributed by atoms with Gasteiger partial charge in [0.25, 0.3) is 0 Å². The van der Waals surface area contributed by atoms with Gasteiger partial charge in [-0.25, -0.2) is 0 Å². The molecule has 0 fully saturated rings. The maximum Gasteiger partial charge on any atom is 0.101 e. The van der Waals surface area contributed by atoms with Gasteiger partial charge in [-0.2, -0.15) is 0 Å². The van der Waals surface area contributed by atoms with Gasteiger partial charge in [-0.05, 0) is 12.5 Å². The van der Waals surface area contributed by atoms with E-state index in [0.717, 1.165) is 12.8 Å². The largest absolute Gasteiger partial charge is 0.384 e. The molecule has 0 saturated carbocycles. The van der Waals surface area contributed by atoms with Crippen LogP contribution in [0.1, 0.15) is 45.4 Å². The quantitative estimate of drug-likeness (QED) is 0.373. The second-order valence-electron chi connectivity index (χ2n) is 3.64. The molecule has 0 saturated heterocycles. The summed E-state index contributed by atoms with van der Waals surface area (Å²) in [6.07, 6.45) is 12.4. The second kappa shape index (κ2) is 7.44. The summed E-state index contributed by atoms with van der Waals surface area (Å²) in [5, 5.41) is 10.0. The summed E-state index contributed by atoms with van der Waals surface area (Å²) in [5.74, 6) is 2.48. The molecule has 1 nitrogen and oxygen atoms in total. The molecule has 0 aromatic carbocycles. The van der Waals surface area contributed by atoms with Gasteiger partial charge in [0, 0.05) is 6.42 Å². The number of rotatable bonds is 7. The van der Waals surface area contributed by atoms with E-state index in [1.165, 1.54) is 12.8 Å². The maximum absolute atomic E-state index is 10.0. The summed E-state index contributed by atoms with van der Waals surface area (Å²) in [5.41, 5.74) is 1.73. The molecule has 0 rings (SSSR count). The molecule has 0 aliphatic heterocycles.